The predicted octanol–water partition coefficient (Wildman–Crippen LogP) is 3.65. The number of nitrogens with zero attached hydrogens (tertiary/aromatic N) is 2. The molecule has 0 bridgehead atoms. The number of rotatable bonds is 3. The summed E-state index contributed by atoms with van der Waals surface area (Å²) in [5.41, 5.74) is 5.92. The Morgan fingerprint density at radius 3 is 2.07 bits per heavy atom. The van der Waals surface area contributed by atoms with Gasteiger partial charge in [0.15, 0.2) is 0 Å². The topological polar surface area (TPSA) is 103 Å². The molecule has 1 aromatic rings. The molecule has 2 atom stereocenters. The number of hydrogen-bond acceptors (Lipinski definition) is 5. The molecule has 3 aliphatic rings. The molecule has 1 amide bonds. The van der Waals surface area contributed by atoms with Gasteiger partial charge >= 0.3 is 0 Å². The third kappa shape index (κ3) is 9.64. The van der Waals surface area contributed by atoms with E-state index in [-0.39, 0.29) is 11.8 Å². The summed E-state index contributed by atoms with van der Waals surface area (Å²) in [6.07, 6.45) is 13.1. The molecular weight excluding hydrogens is 356 g/mol. The summed E-state index contributed by atoms with van der Waals surface area (Å²) in [7, 11) is 0. The molecule has 0 spiro atoms. The molecule has 3 N–H and O–H groups in total. The Balaban J connectivity index is 0.000000214. The van der Waals surface area contributed by atoms with Gasteiger partial charge in [-0.2, -0.15) is 15.4 Å². The summed E-state index contributed by atoms with van der Waals surface area (Å²) in [5.74, 6) is 0.615. The number of aromatic nitrogens is 3. The van der Waals surface area contributed by atoms with E-state index in [2.05, 4.69) is 15.4 Å². The summed E-state index contributed by atoms with van der Waals surface area (Å²) < 4.78 is 10.7. The quantitative estimate of drug-likeness (QED) is 0.812. The first-order chi connectivity index (χ1) is 13.6. The maximum Gasteiger partial charge on any atom is 0.219 e. The van der Waals surface area contributed by atoms with Crippen molar-refractivity contribution in [3.05, 3.63) is 11.9 Å². The van der Waals surface area contributed by atoms with E-state index in [1.54, 1.807) is 13.8 Å². The van der Waals surface area contributed by atoms with Crippen molar-refractivity contribution in [1.29, 1.82) is 0 Å². The van der Waals surface area contributed by atoms with Gasteiger partial charge in [0.2, 0.25) is 5.91 Å². The van der Waals surface area contributed by atoms with Crippen LogP contribution in [0.3, 0.4) is 0 Å². The van der Waals surface area contributed by atoms with Gasteiger partial charge in [-0.3, -0.25) is 4.79 Å². The van der Waals surface area contributed by atoms with Crippen molar-refractivity contribution in [2.24, 2.45) is 17.6 Å². The standard InChI is InChI=1S/C9H15N3.C6H10O2.C4H9NO.C2H6/c1-2-4-8(5-3-1)6-9-7-10-12-11-9;1-3-7-6-2-4-8-5(1)6;1-3(2)4(5)6;1-2/h7-8H,1-6H2,(H,10,11,12);5-6H,1-4H2;3H,1-2H3,(H2,5,6);1-2H3. The highest BCUT2D eigenvalue weighted by molar-refractivity contribution is 5.75. The minimum absolute atomic E-state index is 0.00926. The van der Waals surface area contributed by atoms with Gasteiger partial charge in [0.25, 0.3) is 0 Å². The van der Waals surface area contributed by atoms with Crippen LogP contribution >= 0.6 is 0 Å². The molecule has 3 heterocycles. The summed E-state index contributed by atoms with van der Waals surface area (Å²) in [6, 6.07) is 0. The van der Waals surface area contributed by atoms with Gasteiger partial charge in [-0.25, -0.2) is 0 Å². The number of hydrogen-bond donors (Lipinski definition) is 2. The van der Waals surface area contributed by atoms with Crippen LogP contribution in [0.1, 0.15) is 78.3 Å². The minimum Gasteiger partial charge on any atom is -0.375 e. The molecule has 162 valence electrons. The summed E-state index contributed by atoms with van der Waals surface area (Å²) in [4.78, 5) is 9.92. The Labute approximate surface area is 170 Å². The molecule has 1 aromatic heterocycles. The first-order valence-electron chi connectivity index (χ1n) is 10.9. The average molecular weight is 397 g/mol. The second-order valence-corrected chi connectivity index (χ2v) is 7.62. The monoisotopic (exact) mass is 396 g/mol. The predicted molar refractivity (Wildman–Crippen MR) is 111 cm³/mol. The Kier molecular flexibility index (Phi) is 12.7. The van der Waals surface area contributed by atoms with E-state index in [4.69, 9.17) is 15.2 Å². The minimum atomic E-state index is -0.241. The van der Waals surface area contributed by atoms with E-state index in [9.17, 15) is 4.79 Å². The molecular formula is C21H40N4O3. The maximum absolute atomic E-state index is 9.92. The number of aromatic amines is 1. The number of amides is 1. The van der Waals surface area contributed by atoms with Crippen LogP contribution in [0.2, 0.25) is 0 Å². The molecule has 3 fully saturated rings. The fraction of sp³-hybridized carbons (Fsp3) is 0.857. The average Bonchev–Trinajstić information content (AvgIpc) is 3.44. The number of carbonyl (C=O) groups is 1. The molecule has 28 heavy (non-hydrogen) atoms. The normalized spacial score (nSPS) is 23.5. The van der Waals surface area contributed by atoms with Crippen LogP contribution in [-0.4, -0.2) is 46.7 Å². The van der Waals surface area contributed by atoms with E-state index < -0.39 is 0 Å². The van der Waals surface area contributed by atoms with E-state index in [0.29, 0.717) is 12.2 Å². The van der Waals surface area contributed by atoms with Crippen LogP contribution < -0.4 is 5.73 Å². The molecule has 7 heteroatoms. The number of ether oxygens (including phenoxy) is 2. The zero-order chi connectivity index (χ0) is 20.8. The molecule has 2 saturated heterocycles. The number of fused-ring (bicyclic) bond motifs is 1. The van der Waals surface area contributed by atoms with Gasteiger partial charge in [-0.1, -0.05) is 59.8 Å². The zero-order valence-corrected chi connectivity index (χ0v) is 18.2. The van der Waals surface area contributed by atoms with Gasteiger partial charge in [-0.15, -0.1) is 0 Å². The van der Waals surface area contributed by atoms with Crippen molar-refractivity contribution in [3.63, 3.8) is 0 Å². The number of primary amides is 1. The lowest BCUT2D eigenvalue weighted by Crippen LogP contribution is -2.17. The Morgan fingerprint density at radius 2 is 1.64 bits per heavy atom. The lowest BCUT2D eigenvalue weighted by atomic mass is 9.86. The van der Waals surface area contributed by atoms with Crippen LogP contribution in [0.15, 0.2) is 6.20 Å². The molecule has 0 aromatic carbocycles. The van der Waals surface area contributed by atoms with Gasteiger partial charge in [-0.05, 0) is 25.2 Å². The molecule has 0 radical (unpaired) electrons. The fourth-order valence-corrected chi connectivity index (χ4v) is 3.43. The van der Waals surface area contributed by atoms with Gasteiger partial charge in [0.1, 0.15) is 0 Å². The van der Waals surface area contributed by atoms with Crippen molar-refractivity contribution in [3.8, 4) is 0 Å². The number of carbonyl (C=O) groups excluding carboxylic acids is 1. The van der Waals surface area contributed by atoms with Gasteiger partial charge in [0, 0.05) is 19.1 Å². The third-order valence-electron chi connectivity index (χ3n) is 5.14. The highest BCUT2D eigenvalue weighted by Gasteiger charge is 2.33. The van der Waals surface area contributed by atoms with Crippen molar-refractivity contribution in [2.75, 3.05) is 13.2 Å². The lowest BCUT2D eigenvalue weighted by molar-refractivity contribution is -0.120. The number of nitrogens with two attached hydrogens (primary N) is 1. The smallest absolute Gasteiger partial charge is 0.219 e. The summed E-state index contributed by atoms with van der Waals surface area (Å²) in [6.45, 7) is 9.36. The molecule has 2 unspecified atom stereocenters. The second kappa shape index (κ2) is 14.5. The SMILES string of the molecule is C1CC2OCCC2O1.CC.CC(C)C(N)=O.c1n[nH]nc1CC1CCCCC1. The van der Waals surface area contributed by atoms with Crippen LogP contribution in [0.25, 0.3) is 0 Å². The van der Waals surface area contributed by atoms with E-state index in [1.165, 1.54) is 32.1 Å². The first kappa shape index (κ1) is 24.6. The highest BCUT2D eigenvalue weighted by Crippen LogP contribution is 2.26. The van der Waals surface area contributed by atoms with E-state index in [0.717, 1.165) is 44.1 Å². The van der Waals surface area contributed by atoms with E-state index in [1.807, 2.05) is 20.0 Å². The molecule has 1 aliphatic carbocycles. The first-order valence-corrected chi connectivity index (χ1v) is 10.9. The fourth-order valence-electron chi connectivity index (χ4n) is 3.43. The van der Waals surface area contributed by atoms with E-state index >= 15 is 0 Å². The largest absolute Gasteiger partial charge is 0.375 e. The van der Waals surface area contributed by atoms with Crippen LogP contribution in [-0.2, 0) is 20.7 Å². The number of nitrogens with one attached hydrogen (secondary N) is 1. The Bertz CT molecular complexity index is 482. The van der Waals surface area contributed by atoms with Crippen molar-refractivity contribution < 1.29 is 14.3 Å². The highest BCUT2D eigenvalue weighted by atomic mass is 16.6. The van der Waals surface area contributed by atoms with Gasteiger partial charge in [0.05, 0.1) is 24.1 Å². The van der Waals surface area contributed by atoms with Crippen LogP contribution in [0.5, 0.6) is 0 Å². The molecule has 1 saturated carbocycles. The summed E-state index contributed by atoms with van der Waals surface area (Å²) in [5, 5.41) is 10.5. The maximum atomic E-state index is 9.92. The van der Waals surface area contributed by atoms with Crippen LogP contribution in [0, 0.1) is 11.8 Å². The number of H-pyrrole nitrogens is 1. The molecule has 2 aliphatic heterocycles. The zero-order valence-electron chi connectivity index (χ0n) is 18.2. The van der Waals surface area contributed by atoms with Gasteiger partial charge < -0.3 is 15.2 Å². The Hall–Kier alpha value is -1.47. The van der Waals surface area contributed by atoms with Crippen molar-refractivity contribution in [1.82, 2.24) is 15.4 Å². The van der Waals surface area contributed by atoms with Crippen molar-refractivity contribution in [2.45, 2.75) is 91.3 Å². The van der Waals surface area contributed by atoms with Crippen LogP contribution in [0.4, 0.5) is 0 Å². The lowest BCUT2D eigenvalue weighted by Gasteiger charge is -2.19. The molecule has 7 nitrogen and oxygen atoms in total. The summed E-state index contributed by atoms with van der Waals surface area (Å²) >= 11 is 0. The van der Waals surface area contributed by atoms with Crippen molar-refractivity contribution >= 4 is 5.91 Å². The Morgan fingerprint density at radius 1 is 1.11 bits per heavy atom. The second-order valence-electron chi connectivity index (χ2n) is 7.62. The third-order valence-corrected chi connectivity index (χ3v) is 5.14. The molecule has 4 rings (SSSR count).